The Kier molecular flexibility index (Phi) is 7.19. The molecule has 1 atom stereocenters. The molecule has 1 N–H and O–H groups in total. The van der Waals surface area contributed by atoms with E-state index in [1.165, 1.54) is 4.31 Å². The van der Waals surface area contributed by atoms with Crippen molar-refractivity contribution in [2.45, 2.75) is 51.5 Å². The summed E-state index contributed by atoms with van der Waals surface area (Å²) in [7, 11) is -3.57. The van der Waals surface area contributed by atoms with E-state index in [0.29, 0.717) is 49.8 Å². The van der Waals surface area contributed by atoms with E-state index >= 15 is 0 Å². The molecule has 2 aromatic carbocycles. The van der Waals surface area contributed by atoms with Crippen molar-refractivity contribution in [3.63, 3.8) is 0 Å². The lowest BCUT2D eigenvalue weighted by Gasteiger charge is -2.32. The zero-order valence-electron chi connectivity index (χ0n) is 20.3. The minimum atomic E-state index is -3.57. The largest absolute Gasteiger partial charge is 0.486 e. The van der Waals surface area contributed by atoms with Crippen LogP contribution in [0.3, 0.4) is 0 Å². The number of nitrogens with zero attached hydrogens (tertiary/aromatic N) is 1. The molecule has 1 saturated heterocycles. The third-order valence-corrected chi connectivity index (χ3v) is 8.72. The zero-order chi connectivity index (χ0) is 24.5. The second-order valence-electron chi connectivity index (χ2n) is 9.58. The van der Waals surface area contributed by atoms with E-state index in [9.17, 15) is 13.2 Å². The summed E-state index contributed by atoms with van der Waals surface area (Å²) in [6, 6.07) is 11.0. The van der Waals surface area contributed by atoms with E-state index in [-0.39, 0.29) is 23.8 Å². The predicted molar refractivity (Wildman–Crippen MR) is 131 cm³/mol. The van der Waals surface area contributed by atoms with Gasteiger partial charge in [0.05, 0.1) is 10.9 Å². The molecule has 2 aliphatic rings. The van der Waals surface area contributed by atoms with E-state index in [1.807, 2.05) is 44.2 Å². The highest BCUT2D eigenvalue weighted by Gasteiger charge is 2.34. The molecule has 4 rings (SSSR count). The molecule has 2 aromatic rings. The number of benzene rings is 2. The van der Waals surface area contributed by atoms with E-state index < -0.39 is 10.0 Å². The van der Waals surface area contributed by atoms with Gasteiger partial charge in [0.15, 0.2) is 11.5 Å². The highest BCUT2D eigenvalue weighted by molar-refractivity contribution is 7.89. The molecule has 7 nitrogen and oxygen atoms in total. The van der Waals surface area contributed by atoms with Crippen molar-refractivity contribution in [2.24, 2.45) is 11.8 Å². The number of sulfonamides is 1. The predicted octanol–water partition coefficient (Wildman–Crippen LogP) is 3.99. The number of ether oxygens (including phenoxy) is 2. The Bertz CT molecular complexity index is 1150. The average Bonchev–Trinajstić information content (AvgIpc) is 2.81. The van der Waals surface area contributed by atoms with Crippen molar-refractivity contribution in [1.29, 1.82) is 0 Å². The SMILES string of the molecule is Cc1ccc(S(=O)(=O)N2CCC(C(=O)N[C@H](c3ccc4c(c3)OCCO4)C(C)C)CC2)c(C)c1. The van der Waals surface area contributed by atoms with Gasteiger partial charge in [0.1, 0.15) is 13.2 Å². The second kappa shape index (κ2) is 9.96. The van der Waals surface area contributed by atoms with Crippen LogP contribution >= 0.6 is 0 Å². The minimum absolute atomic E-state index is 0.0304. The van der Waals surface area contributed by atoms with Crippen LogP contribution in [0, 0.1) is 25.7 Å². The normalized spacial score (nSPS) is 18.0. The second-order valence-corrected chi connectivity index (χ2v) is 11.5. The van der Waals surface area contributed by atoms with Crippen LogP contribution in [0.5, 0.6) is 11.5 Å². The topological polar surface area (TPSA) is 84.9 Å². The monoisotopic (exact) mass is 486 g/mol. The van der Waals surface area contributed by atoms with Crippen LogP contribution in [0.15, 0.2) is 41.3 Å². The third-order valence-electron chi connectivity index (χ3n) is 6.66. The van der Waals surface area contributed by atoms with Crippen molar-refractivity contribution < 1.29 is 22.7 Å². The molecule has 1 fully saturated rings. The lowest BCUT2D eigenvalue weighted by Crippen LogP contribution is -2.44. The fraction of sp³-hybridized carbons (Fsp3) is 0.500. The lowest BCUT2D eigenvalue weighted by atomic mass is 9.92. The van der Waals surface area contributed by atoms with Gasteiger partial charge in [0, 0.05) is 19.0 Å². The molecule has 0 radical (unpaired) electrons. The highest BCUT2D eigenvalue weighted by Crippen LogP contribution is 2.35. The van der Waals surface area contributed by atoms with Crippen LogP contribution in [0.2, 0.25) is 0 Å². The third kappa shape index (κ3) is 5.08. The maximum absolute atomic E-state index is 13.2. The van der Waals surface area contributed by atoms with Crippen molar-refractivity contribution in [1.82, 2.24) is 9.62 Å². The molecule has 0 spiro atoms. The number of fused-ring (bicyclic) bond motifs is 1. The van der Waals surface area contributed by atoms with Crippen LogP contribution in [0.25, 0.3) is 0 Å². The number of amides is 1. The van der Waals surface area contributed by atoms with Crippen LogP contribution < -0.4 is 14.8 Å². The molecule has 0 aliphatic carbocycles. The first-order valence-corrected chi connectivity index (χ1v) is 13.4. The quantitative estimate of drug-likeness (QED) is 0.667. The Morgan fingerprint density at radius 1 is 1.00 bits per heavy atom. The molecule has 0 unspecified atom stereocenters. The molecule has 0 aromatic heterocycles. The van der Waals surface area contributed by atoms with Gasteiger partial charge in [-0.3, -0.25) is 4.79 Å². The Morgan fingerprint density at radius 3 is 2.32 bits per heavy atom. The van der Waals surface area contributed by atoms with Crippen molar-refractivity contribution in [2.75, 3.05) is 26.3 Å². The van der Waals surface area contributed by atoms with Gasteiger partial charge in [-0.05, 0) is 61.9 Å². The summed E-state index contributed by atoms with van der Waals surface area (Å²) in [6.45, 7) is 9.64. The molecule has 1 amide bonds. The van der Waals surface area contributed by atoms with Crippen LogP contribution in [0.1, 0.15) is 49.4 Å². The Morgan fingerprint density at radius 2 is 1.68 bits per heavy atom. The number of piperidine rings is 1. The van der Waals surface area contributed by atoms with E-state index in [0.717, 1.165) is 22.4 Å². The van der Waals surface area contributed by atoms with Crippen LogP contribution in [-0.2, 0) is 14.8 Å². The number of carbonyl (C=O) groups is 1. The Labute approximate surface area is 202 Å². The van der Waals surface area contributed by atoms with Crippen LogP contribution in [0.4, 0.5) is 0 Å². The summed E-state index contributed by atoms with van der Waals surface area (Å²) >= 11 is 0. The smallest absolute Gasteiger partial charge is 0.243 e. The summed E-state index contributed by atoms with van der Waals surface area (Å²) in [5, 5.41) is 3.21. The number of carbonyl (C=O) groups excluding carboxylic acids is 1. The molecular weight excluding hydrogens is 452 g/mol. The Balaban J connectivity index is 1.41. The van der Waals surface area contributed by atoms with E-state index in [4.69, 9.17) is 9.47 Å². The van der Waals surface area contributed by atoms with Gasteiger partial charge < -0.3 is 14.8 Å². The number of nitrogens with one attached hydrogen (secondary N) is 1. The van der Waals surface area contributed by atoms with Gasteiger partial charge in [0.2, 0.25) is 15.9 Å². The van der Waals surface area contributed by atoms with E-state index in [1.54, 1.807) is 6.07 Å². The van der Waals surface area contributed by atoms with Crippen LogP contribution in [-0.4, -0.2) is 44.9 Å². The fourth-order valence-electron chi connectivity index (χ4n) is 4.75. The maximum atomic E-state index is 13.2. The standard InChI is InChI=1S/C26H34N2O5S/c1-17(2)25(21-6-7-22-23(16-21)33-14-13-32-22)27-26(29)20-9-11-28(12-10-20)34(30,31)24-8-5-18(3)15-19(24)4/h5-8,15-17,20,25H,9-14H2,1-4H3,(H,27,29)/t25-/m0/s1. The van der Waals surface area contributed by atoms with Crippen molar-refractivity contribution in [3.8, 4) is 11.5 Å². The molecule has 184 valence electrons. The van der Waals surface area contributed by atoms with E-state index in [2.05, 4.69) is 19.2 Å². The highest BCUT2D eigenvalue weighted by atomic mass is 32.2. The van der Waals surface area contributed by atoms with Gasteiger partial charge >= 0.3 is 0 Å². The van der Waals surface area contributed by atoms with Gasteiger partial charge in [-0.1, -0.05) is 37.6 Å². The lowest BCUT2D eigenvalue weighted by molar-refractivity contribution is -0.127. The first-order chi connectivity index (χ1) is 16.2. The summed E-state index contributed by atoms with van der Waals surface area (Å²) in [4.78, 5) is 13.5. The minimum Gasteiger partial charge on any atom is -0.486 e. The molecule has 0 bridgehead atoms. The summed E-state index contributed by atoms with van der Waals surface area (Å²) in [5.74, 6) is 1.35. The number of hydrogen-bond donors (Lipinski definition) is 1. The number of hydrogen-bond acceptors (Lipinski definition) is 5. The molecular formula is C26H34N2O5S. The van der Waals surface area contributed by atoms with Gasteiger partial charge in [0.25, 0.3) is 0 Å². The molecule has 34 heavy (non-hydrogen) atoms. The van der Waals surface area contributed by atoms with Gasteiger partial charge in [-0.2, -0.15) is 4.31 Å². The van der Waals surface area contributed by atoms with Gasteiger partial charge in [-0.15, -0.1) is 0 Å². The molecule has 0 saturated carbocycles. The molecule has 2 aliphatic heterocycles. The fourth-order valence-corrected chi connectivity index (χ4v) is 6.42. The van der Waals surface area contributed by atoms with Crippen molar-refractivity contribution >= 4 is 15.9 Å². The summed E-state index contributed by atoms with van der Waals surface area (Å²) < 4.78 is 39.2. The average molecular weight is 487 g/mol. The zero-order valence-corrected chi connectivity index (χ0v) is 21.2. The van der Waals surface area contributed by atoms with Gasteiger partial charge in [-0.25, -0.2) is 8.42 Å². The Hall–Kier alpha value is -2.58. The maximum Gasteiger partial charge on any atom is 0.243 e. The van der Waals surface area contributed by atoms with Crippen molar-refractivity contribution in [3.05, 3.63) is 53.1 Å². The molecule has 2 heterocycles. The first-order valence-electron chi connectivity index (χ1n) is 11.9. The summed E-state index contributed by atoms with van der Waals surface area (Å²) in [6.07, 6.45) is 1.00. The summed E-state index contributed by atoms with van der Waals surface area (Å²) in [5.41, 5.74) is 2.76. The first kappa shape index (κ1) is 24.5. The number of rotatable bonds is 6. The number of aryl methyl sites for hydroxylation is 2. The molecule has 8 heteroatoms.